The fourth-order valence-electron chi connectivity index (χ4n) is 1.09. The molecule has 0 bridgehead atoms. The molecule has 0 spiro atoms. The molecule has 0 atom stereocenters. The maximum Gasteiger partial charge on any atom is 0.276 e. The topological polar surface area (TPSA) is 62.6 Å². The van der Waals surface area contributed by atoms with Gasteiger partial charge in [0.05, 0.1) is 0 Å². The third kappa shape index (κ3) is 2.80. The predicted octanol–water partition coefficient (Wildman–Crippen LogP) is 0.428. The second-order valence-corrected chi connectivity index (χ2v) is 5.27. The van der Waals surface area contributed by atoms with Crippen molar-refractivity contribution in [1.29, 1.82) is 0 Å². The number of hydrogen-bond acceptors (Lipinski definition) is 4. The summed E-state index contributed by atoms with van der Waals surface area (Å²) in [4.78, 5) is 0. The minimum atomic E-state index is -3.46. The van der Waals surface area contributed by atoms with Crippen LogP contribution in [0.15, 0.2) is 21.6 Å². The van der Waals surface area contributed by atoms with Crippen LogP contribution in [0.5, 0.6) is 0 Å². The number of nitrogens with one attached hydrogen (secondary N) is 1. The molecule has 0 radical (unpaired) electrons. The Hall–Kier alpha value is -0.850. The van der Waals surface area contributed by atoms with Crippen LogP contribution < -0.4 is 5.32 Å². The number of likely N-dealkylation sites (N-methyl/N-ethyl adjacent to an activating group) is 2. The predicted molar refractivity (Wildman–Crippen MR) is 57.2 cm³/mol. The molecular formula is C9H16N2O3S. The molecule has 1 heterocycles. The lowest BCUT2D eigenvalue weighted by molar-refractivity contribution is 0.396. The lowest BCUT2D eigenvalue weighted by Crippen LogP contribution is -2.32. The maximum absolute atomic E-state index is 11.9. The minimum Gasteiger partial charge on any atom is -0.449 e. The first-order chi connectivity index (χ1) is 6.98. The van der Waals surface area contributed by atoms with Gasteiger partial charge in [-0.05, 0) is 26.1 Å². The zero-order valence-corrected chi connectivity index (χ0v) is 9.97. The molecule has 0 fully saturated rings. The Morgan fingerprint density at radius 2 is 2.13 bits per heavy atom. The van der Waals surface area contributed by atoms with E-state index in [4.69, 9.17) is 4.42 Å². The molecule has 1 aromatic heterocycles. The first kappa shape index (κ1) is 12.2. The van der Waals surface area contributed by atoms with Crippen molar-refractivity contribution in [3.05, 3.63) is 17.9 Å². The average molecular weight is 232 g/mol. The van der Waals surface area contributed by atoms with E-state index in [9.17, 15) is 8.42 Å². The number of rotatable bonds is 5. The summed E-state index contributed by atoms with van der Waals surface area (Å²) in [6, 6.07) is 3.11. The van der Waals surface area contributed by atoms with Crippen LogP contribution in [-0.4, -0.2) is 39.9 Å². The molecule has 1 rings (SSSR count). The Kier molecular flexibility index (Phi) is 3.90. The van der Waals surface area contributed by atoms with Gasteiger partial charge in [0, 0.05) is 20.1 Å². The Morgan fingerprint density at radius 3 is 2.60 bits per heavy atom. The molecule has 0 amide bonds. The fraction of sp³-hybridized carbons (Fsp3) is 0.556. The standard InChI is InChI=1S/C9H16N2O3S/c1-8-4-5-9(14-8)15(12,13)11(3)7-6-10-2/h4-5,10H,6-7H2,1-3H3. The van der Waals surface area contributed by atoms with Gasteiger partial charge < -0.3 is 9.73 Å². The van der Waals surface area contributed by atoms with E-state index in [1.54, 1.807) is 20.0 Å². The molecule has 1 N–H and O–H groups in total. The van der Waals surface area contributed by atoms with Gasteiger partial charge in [0.15, 0.2) is 0 Å². The zero-order chi connectivity index (χ0) is 11.5. The van der Waals surface area contributed by atoms with Gasteiger partial charge in [-0.3, -0.25) is 0 Å². The Bertz CT molecular complexity index is 411. The normalized spacial score (nSPS) is 12.3. The summed E-state index contributed by atoms with van der Waals surface area (Å²) in [6.45, 7) is 2.74. The summed E-state index contributed by atoms with van der Waals surface area (Å²) in [5, 5.41) is 2.89. The molecule has 0 aliphatic rings. The van der Waals surface area contributed by atoms with Crippen molar-refractivity contribution in [3.8, 4) is 0 Å². The van der Waals surface area contributed by atoms with E-state index in [-0.39, 0.29) is 5.09 Å². The highest BCUT2D eigenvalue weighted by Gasteiger charge is 2.23. The van der Waals surface area contributed by atoms with Crippen molar-refractivity contribution >= 4 is 10.0 Å². The Labute approximate surface area is 90.1 Å². The number of aryl methyl sites for hydroxylation is 1. The first-order valence-electron chi connectivity index (χ1n) is 4.66. The number of hydrogen-bond donors (Lipinski definition) is 1. The summed E-state index contributed by atoms with van der Waals surface area (Å²) in [5.41, 5.74) is 0. The van der Waals surface area contributed by atoms with E-state index in [1.807, 2.05) is 0 Å². The smallest absolute Gasteiger partial charge is 0.276 e. The molecule has 0 aliphatic carbocycles. The Balaban J connectivity index is 2.83. The van der Waals surface area contributed by atoms with Crippen LogP contribution >= 0.6 is 0 Å². The second kappa shape index (κ2) is 4.78. The van der Waals surface area contributed by atoms with Crippen LogP contribution in [0.3, 0.4) is 0 Å². The average Bonchev–Trinajstić information content (AvgIpc) is 2.61. The van der Waals surface area contributed by atoms with E-state index in [0.717, 1.165) is 0 Å². The molecule has 5 nitrogen and oxygen atoms in total. The summed E-state index contributed by atoms with van der Waals surface area (Å²) in [7, 11) is -0.156. The lowest BCUT2D eigenvalue weighted by Gasteiger charge is -2.14. The van der Waals surface area contributed by atoms with E-state index in [1.165, 1.54) is 17.4 Å². The fourth-order valence-corrected chi connectivity index (χ4v) is 2.21. The largest absolute Gasteiger partial charge is 0.449 e. The van der Waals surface area contributed by atoms with Gasteiger partial charge >= 0.3 is 0 Å². The molecule has 1 aromatic rings. The van der Waals surface area contributed by atoms with Crippen molar-refractivity contribution in [2.24, 2.45) is 0 Å². The number of furan rings is 1. The summed E-state index contributed by atoms with van der Waals surface area (Å²) in [6.07, 6.45) is 0. The van der Waals surface area contributed by atoms with E-state index < -0.39 is 10.0 Å². The van der Waals surface area contributed by atoms with Crippen LogP contribution in [0.4, 0.5) is 0 Å². The molecule has 0 aliphatic heterocycles. The molecule has 6 heteroatoms. The molecule has 0 unspecified atom stereocenters. The highest BCUT2D eigenvalue weighted by Crippen LogP contribution is 2.16. The molecular weight excluding hydrogens is 216 g/mol. The van der Waals surface area contributed by atoms with Crippen molar-refractivity contribution in [1.82, 2.24) is 9.62 Å². The zero-order valence-electron chi connectivity index (χ0n) is 9.15. The van der Waals surface area contributed by atoms with Crippen LogP contribution in [-0.2, 0) is 10.0 Å². The van der Waals surface area contributed by atoms with Crippen LogP contribution in [0.25, 0.3) is 0 Å². The SMILES string of the molecule is CNCCN(C)S(=O)(=O)c1ccc(C)o1. The van der Waals surface area contributed by atoms with Crippen molar-refractivity contribution < 1.29 is 12.8 Å². The van der Waals surface area contributed by atoms with E-state index in [2.05, 4.69) is 5.32 Å². The van der Waals surface area contributed by atoms with Gasteiger partial charge in [-0.2, -0.15) is 4.31 Å². The quantitative estimate of drug-likeness (QED) is 0.799. The second-order valence-electron chi connectivity index (χ2n) is 3.30. The first-order valence-corrected chi connectivity index (χ1v) is 6.10. The van der Waals surface area contributed by atoms with E-state index in [0.29, 0.717) is 18.8 Å². The highest BCUT2D eigenvalue weighted by atomic mass is 32.2. The molecule has 0 saturated heterocycles. The van der Waals surface area contributed by atoms with Gasteiger partial charge in [-0.15, -0.1) is 0 Å². The minimum absolute atomic E-state index is 0.00129. The number of nitrogens with zero attached hydrogens (tertiary/aromatic N) is 1. The van der Waals surface area contributed by atoms with Gasteiger partial charge in [0.2, 0.25) is 5.09 Å². The number of sulfonamides is 1. The van der Waals surface area contributed by atoms with Crippen molar-refractivity contribution in [2.45, 2.75) is 12.0 Å². The summed E-state index contributed by atoms with van der Waals surface area (Å²) < 4.78 is 30.1. The van der Waals surface area contributed by atoms with Crippen molar-refractivity contribution in [3.63, 3.8) is 0 Å². The highest BCUT2D eigenvalue weighted by molar-refractivity contribution is 7.89. The maximum atomic E-state index is 11.9. The van der Waals surface area contributed by atoms with Gasteiger partial charge in [-0.25, -0.2) is 8.42 Å². The van der Waals surface area contributed by atoms with Crippen LogP contribution in [0.2, 0.25) is 0 Å². The van der Waals surface area contributed by atoms with Gasteiger partial charge in [0.1, 0.15) is 5.76 Å². The lowest BCUT2D eigenvalue weighted by atomic mass is 10.5. The Morgan fingerprint density at radius 1 is 1.47 bits per heavy atom. The van der Waals surface area contributed by atoms with Gasteiger partial charge in [-0.1, -0.05) is 0 Å². The van der Waals surface area contributed by atoms with Crippen LogP contribution in [0, 0.1) is 6.92 Å². The molecule has 86 valence electrons. The molecule has 15 heavy (non-hydrogen) atoms. The van der Waals surface area contributed by atoms with Gasteiger partial charge in [0.25, 0.3) is 10.0 Å². The third-order valence-electron chi connectivity index (χ3n) is 2.06. The van der Waals surface area contributed by atoms with Crippen molar-refractivity contribution in [2.75, 3.05) is 27.2 Å². The monoisotopic (exact) mass is 232 g/mol. The van der Waals surface area contributed by atoms with Crippen LogP contribution in [0.1, 0.15) is 5.76 Å². The summed E-state index contributed by atoms with van der Waals surface area (Å²) in [5.74, 6) is 0.593. The summed E-state index contributed by atoms with van der Waals surface area (Å²) >= 11 is 0. The third-order valence-corrected chi connectivity index (χ3v) is 3.79. The van der Waals surface area contributed by atoms with E-state index >= 15 is 0 Å². The molecule has 0 saturated carbocycles. The molecule has 0 aromatic carbocycles.